The molecule has 2 rings (SSSR count). The monoisotopic (exact) mass is 264 g/mol. The molecule has 0 aliphatic heterocycles. The van der Waals surface area contributed by atoms with Crippen molar-refractivity contribution in [3.63, 3.8) is 0 Å². The number of hydrogen-bond acceptors (Lipinski definition) is 3. The topological polar surface area (TPSA) is 50.1 Å². The average molecular weight is 264 g/mol. The van der Waals surface area contributed by atoms with Crippen molar-refractivity contribution in [2.24, 2.45) is 0 Å². The van der Waals surface area contributed by atoms with Crippen molar-refractivity contribution in [1.29, 1.82) is 5.41 Å². The number of hydrogen-bond donors (Lipinski definition) is 1. The van der Waals surface area contributed by atoms with Crippen molar-refractivity contribution in [2.75, 3.05) is 0 Å². The third-order valence-corrected chi connectivity index (χ3v) is 3.55. The van der Waals surface area contributed by atoms with Crippen LogP contribution in [0.4, 0.5) is 4.79 Å². The lowest BCUT2D eigenvalue weighted by molar-refractivity contribution is 0.224. The van der Waals surface area contributed by atoms with Gasteiger partial charge in [-0.25, -0.2) is 0 Å². The molecular formula is C14H18NO2S+. The van der Waals surface area contributed by atoms with Gasteiger partial charge in [-0.3, -0.25) is 5.41 Å². The molecule has 1 saturated carbocycles. The van der Waals surface area contributed by atoms with Crippen LogP contribution < -0.4 is 0 Å². The first-order chi connectivity index (χ1) is 8.66. The molecule has 0 saturated heterocycles. The van der Waals surface area contributed by atoms with E-state index >= 15 is 0 Å². The Bertz CT molecular complexity index is 436. The lowest BCUT2D eigenvalue weighted by Gasteiger charge is -2.22. The number of ether oxygens (including phenoxy) is 1. The molecule has 1 aromatic rings. The largest absolute Gasteiger partial charge is 0.527 e. The fraction of sp³-hybridized carbons (Fsp3) is 0.429. The predicted octanol–water partition coefficient (Wildman–Crippen LogP) is 3.21. The molecule has 0 bridgehead atoms. The van der Waals surface area contributed by atoms with Gasteiger partial charge in [0.2, 0.25) is 5.90 Å². The van der Waals surface area contributed by atoms with Gasteiger partial charge in [0.1, 0.15) is 0 Å². The van der Waals surface area contributed by atoms with Crippen molar-refractivity contribution < 1.29 is 9.53 Å². The molecule has 1 aliphatic carbocycles. The molecule has 18 heavy (non-hydrogen) atoms. The molecule has 0 atom stereocenters. The van der Waals surface area contributed by atoms with Crippen LogP contribution in [-0.2, 0) is 17.4 Å². The second-order valence-corrected chi connectivity index (χ2v) is 5.08. The highest BCUT2D eigenvalue weighted by atomic mass is 32.1. The maximum atomic E-state index is 10.7. The Hall–Kier alpha value is -1.29. The fourth-order valence-corrected chi connectivity index (χ4v) is 2.60. The minimum atomic E-state index is -0.642. The summed E-state index contributed by atoms with van der Waals surface area (Å²) in [6.45, 7) is 0. The quantitative estimate of drug-likeness (QED) is 0.386. The van der Waals surface area contributed by atoms with Gasteiger partial charge >= 0.3 is 5.30 Å². The van der Waals surface area contributed by atoms with Crippen LogP contribution >= 0.6 is 0 Å². The average Bonchev–Trinajstić information content (AvgIpc) is 2.39. The van der Waals surface area contributed by atoms with Gasteiger partial charge < -0.3 is 4.74 Å². The Labute approximate surface area is 112 Å². The molecule has 0 unspecified atom stereocenters. The van der Waals surface area contributed by atoms with Gasteiger partial charge in [0.25, 0.3) is 0 Å². The van der Waals surface area contributed by atoms with E-state index in [0.717, 1.165) is 0 Å². The normalized spacial score (nSPS) is 16.3. The zero-order valence-corrected chi connectivity index (χ0v) is 11.2. The van der Waals surface area contributed by atoms with Crippen LogP contribution in [0.3, 0.4) is 0 Å². The summed E-state index contributed by atoms with van der Waals surface area (Å²) in [4.78, 5) is 10.7. The van der Waals surface area contributed by atoms with Crippen LogP contribution in [0.25, 0.3) is 0 Å². The molecular weight excluding hydrogens is 246 g/mol. The van der Waals surface area contributed by atoms with E-state index in [9.17, 15) is 4.79 Å². The van der Waals surface area contributed by atoms with E-state index in [1.54, 1.807) is 0 Å². The van der Waals surface area contributed by atoms with Crippen LogP contribution in [0, 0.1) is 5.41 Å². The van der Waals surface area contributed by atoms with E-state index in [1.165, 1.54) is 37.7 Å². The molecule has 1 aliphatic rings. The summed E-state index contributed by atoms with van der Waals surface area (Å²) in [5, 5.41) is 6.96. The first-order valence-electron chi connectivity index (χ1n) is 6.29. The van der Waals surface area contributed by atoms with E-state index in [4.69, 9.17) is 5.41 Å². The molecule has 96 valence electrons. The summed E-state index contributed by atoms with van der Waals surface area (Å²) in [5.41, 5.74) is 1.96. The summed E-state index contributed by atoms with van der Waals surface area (Å²) < 4.78 is 4.68. The van der Waals surface area contributed by atoms with Crippen molar-refractivity contribution in [3.8, 4) is 0 Å². The fourth-order valence-electron chi connectivity index (χ4n) is 2.49. The lowest BCUT2D eigenvalue weighted by atomic mass is 9.84. The van der Waals surface area contributed by atoms with E-state index in [0.29, 0.717) is 11.5 Å². The van der Waals surface area contributed by atoms with Gasteiger partial charge in [0, 0.05) is 5.56 Å². The van der Waals surface area contributed by atoms with Crippen LogP contribution in [0.15, 0.2) is 24.3 Å². The standard InChI is InChI=1S/C14H17NO2S/c15-13(17-14(16)18)12-8-6-11(7-9-12)10-4-2-1-3-5-10/h6-10,15H,1-5H2,(H,16,18)/p+1. The van der Waals surface area contributed by atoms with Crippen LogP contribution in [0.2, 0.25) is 0 Å². The molecule has 0 radical (unpaired) electrons. The second-order valence-electron chi connectivity index (χ2n) is 4.68. The maximum absolute atomic E-state index is 10.7. The predicted molar refractivity (Wildman–Crippen MR) is 75.7 cm³/mol. The Morgan fingerprint density at radius 3 is 2.33 bits per heavy atom. The van der Waals surface area contributed by atoms with E-state index in [-0.39, 0.29) is 5.90 Å². The smallest absolute Gasteiger partial charge is 0.367 e. The molecule has 0 amide bonds. The number of benzene rings is 1. The highest BCUT2D eigenvalue weighted by Gasteiger charge is 2.16. The van der Waals surface area contributed by atoms with Crippen molar-refractivity contribution in [3.05, 3.63) is 35.4 Å². The highest BCUT2D eigenvalue weighted by Crippen LogP contribution is 2.32. The number of nitrogens with one attached hydrogen (secondary N) is 1. The number of carbonyl (C=O) groups is 1. The summed E-state index contributed by atoms with van der Waals surface area (Å²) in [6, 6.07) is 7.78. The first kappa shape index (κ1) is 13.1. The van der Waals surface area contributed by atoms with Crippen LogP contribution in [0.1, 0.15) is 49.1 Å². The molecule has 3 nitrogen and oxygen atoms in total. The minimum Gasteiger partial charge on any atom is -0.367 e. The summed E-state index contributed by atoms with van der Waals surface area (Å²) >= 11 is 2.70. The Morgan fingerprint density at radius 2 is 1.78 bits per heavy atom. The van der Waals surface area contributed by atoms with E-state index in [2.05, 4.69) is 17.4 Å². The van der Waals surface area contributed by atoms with Gasteiger partial charge in [0.15, 0.2) is 0 Å². The summed E-state index contributed by atoms with van der Waals surface area (Å²) in [6.07, 6.45) is 6.48. The zero-order chi connectivity index (χ0) is 13.0. The first-order valence-corrected chi connectivity index (χ1v) is 6.79. The maximum Gasteiger partial charge on any atom is 0.527 e. The minimum absolute atomic E-state index is 0.120. The van der Waals surface area contributed by atoms with Gasteiger partial charge in [-0.15, -0.1) is 0 Å². The number of carbonyl (C=O) groups excluding carboxylic acids is 1. The van der Waals surface area contributed by atoms with Crippen LogP contribution in [-0.4, -0.2) is 11.2 Å². The molecule has 4 heteroatoms. The zero-order valence-electron chi connectivity index (χ0n) is 10.2. The highest BCUT2D eigenvalue weighted by molar-refractivity contribution is 7.76. The molecule has 0 heterocycles. The molecule has 1 aromatic carbocycles. The molecule has 1 fully saturated rings. The lowest BCUT2D eigenvalue weighted by Crippen LogP contribution is -2.09. The van der Waals surface area contributed by atoms with Gasteiger partial charge in [0.05, 0.1) is 12.6 Å². The molecule has 0 spiro atoms. The van der Waals surface area contributed by atoms with Gasteiger partial charge in [-0.2, -0.15) is 4.79 Å². The summed E-state index contributed by atoms with van der Waals surface area (Å²) in [5.74, 6) is 0.533. The third kappa shape index (κ3) is 3.35. The Balaban J connectivity index is 2.04. The SMILES string of the molecule is N=C(OC(=O)[SH2+])c1ccc(C2CCCCC2)cc1. The second kappa shape index (κ2) is 6.05. The van der Waals surface area contributed by atoms with Crippen molar-refractivity contribution in [2.45, 2.75) is 38.0 Å². The molecule has 1 N–H and O–H groups in total. The number of rotatable bonds is 2. The van der Waals surface area contributed by atoms with Gasteiger partial charge in [-0.1, -0.05) is 31.4 Å². The van der Waals surface area contributed by atoms with E-state index < -0.39 is 5.30 Å². The molecule has 0 aromatic heterocycles. The van der Waals surface area contributed by atoms with Crippen molar-refractivity contribution in [1.82, 2.24) is 0 Å². The van der Waals surface area contributed by atoms with Gasteiger partial charge in [-0.05, 0) is 36.5 Å². The van der Waals surface area contributed by atoms with Crippen molar-refractivity contribution >= 4 is 23.8 Å². The van der Waals surface area contributed by atoms with E-state index in [1.807, 2.05) is 24.3 Å². The Morgan fingerprint density at radius 1 is 1.17 bits per heavy atom. The third-order valence-electron chi connectivity index (χ3n) is 3.44. The Kier molecular flexibility index (Phi) is 4.42. The summed E-state index contributed by atoms with van der Waals surface area (Å²) in [7, 11) is 0. The van der Waals surface area contributed by atoms with Crippen LogP contribution in [0.5, 0.6) is 0 Å².